The van der Waals surface area contributed by atoms with Gasteiger partial charge in [-0.25, -0.2) is 8.42 Å². The fourth-order valence-corrected chi connectivity index (χ4v) is 4.09. The van der Waals surface area contributed by atoms with Crippen molar-refractivity contribution in [3.8, 4) is 0 Å². The quantitative estimate of drug-likeness (QED) is 0.871. The standard InChI is InChI=1S/C15H22N2O3S/c1-12(13-6-4-3-5-7-13)17-14(18)15(21(2,19)20)8-10-16-11-9-15/h3-7,12,16H,8-11H2,1-2H3,(H,17,18). The van der Waals surface area contributed by atoms with E-state index in [1.54, 1.807) is 0 Å². The van der Waals surface area contributed by atoms with Gasteiger partial charge in [0, 0.05) is 6.26 Å². The molecule has 5 nitrogen and oxygen atoms in total. The van der Waals surface area contributed by atoms with Crippen molar-refractivity contribution in [1.29, 1.82) is 0 Å². The zero-order valence-electron chi connectivity index (χ0n) is 12.4. The van der Waals surface area contributed by atoms with Crippen LogP contribution >= 0.6 is 0 Å². The van der Waals surface area contributed by atoms with Gasteiger partial charge in [-0.1, -0.05) is 30.3 Å². The Morgan fingerprint density at radius 1 is 1.24 bits per heavy atom. The largest absolute Gasteiger partial charge is 0.348 e. The maximum atomic E-state index is 12.6. The second-order valence-corrected chi connectivity index (χ2v) is 7.95. The fraction of sp³-hybridized carbons (Fsp3) is 0.533. The van der Waals surface area contributed by atoms with Crippen LogP contribution in [0.25, 0.3) is 0 Å². The van der Waals surface area contributed by atoms with Crippen molar-refractivity contribution in [1.82, 2.24) is 10.6 Å². The Balaban J connectivity index is 2.20. The Kier molecular flexibility index (Phi) is 4.68. The van der Waals surface area contributed by atoms with Crippen LogP contribution in [0, 0.1) is 0 Å². The Labute approximate surface area is 126 Å². The molecule has 1 aromatic rings. The van der Waals surface area contributed by atoms with Crippen LogP contribution < -0.4 is 10.6 Å². The third-order valence-electron chi connectivity index (χ3n) is 4.18. The van der Waals surface area contributed by atoms with E-state index < -0.39 is 14.6 Å². The summed E-state index contributed by atoms with van der Waals surface area (Å²) in [5.74, 6) is -0.386. The van der Waals surface area contributed by atoms with E-state index in [2.05, 4.69) is 10.6 Å². The first kappa shape index (κ1) is 16.0. The Morgan fingerprint density at radius 2 is 1.81 bits per heavy atom. The van der Waals surface area contributed by atoms with Crippen molar-refractivity contribution in [2.75, 3.05) is 19.3 Å². The van der Waals surface area contributed by atoms with Gasteiger partial charge in [0.15, 0.2) is 14.6 Å². The number of piperidine rings is 1. The average molecular weight is 310 g/mol. The van der Waals surface area contributed by atoms with E-state index in [0.29, 0.717) is 25.9 Å². The lowest BCUT2D eigenvalue weighted by atomic mass is 9.95. The minimum Gasteiger partial charge on any atom is -0.348 e. The minimum absolute atomic E-state index is 0.216. The van der Waals surface area contributed by atoms with Gasteiger partial charge in [-0.15, -0.1) is 0 Å². The first-order valence-corrected chi connectivity index (χ1v) is 9.02. The van der Waals surface area contributed by atoms with Crippen LogP contribution in [-0.2, 0) is 14.6 Å². The highest BCUT2D eigenvalue weighted by Crippen LogP contribution is 2.29. The number of carbonyl (C=O) groups is 1. The molecule has 1 saturated heterocycles. The van der Waals surface area contributed by atoms with Crippen molar-refractivity contribution in [3.05, 3.63) is 35.9 Å². The molecule has 116 valence electrons. The van der Waals surface area contributed by atoms with Crippen LogP contribution in [0.1, 0.15) is 31.4 Å². The van der Waals surface area contributed by atoms with E-state index in [9.17, 15) is 13.2 Å². The fourth-order valence-electron chi connectivity index (χ4n) is 2.75. The molecule has 2 N–H and O–H groups in total. The summed E-state index contributed by atoms with van der Waals surface area (Å²) in [6.45, 7) is 2.95. The highest BCUT2D eigenvalue weighted by Gasteiger charge is 2.48. The van der Waals surface area contributed by atoms with Crippen molar-refractivity contribution >= 4 is 15.7 Å². The Morgan fingerprint density at radius 3 is 2.33 bits per heavy atom. The highest BCUT2D eigenvalue weighted by molar-refractivity contribution is 7.92. The summed E-state index contributed by atoms with van der Waals surface area (Å²) in [7, 11) is -3.47. The first-order chi connectivity index (χ1) is 9.87. The lowest BCUT2D eigenvalue weighted by Crippen LogP contribution is -2.57. The molecule has 6 heteroatoms. The van der Waals surface area contributed by atoms with Gasteiger partial charge in [-0.2, -0.15) is 0 Å². The molecule has 0 aliphatic carbocycles. The van der Waals surface area contributed by atoms with Crippen molar-refractivity contribution in [2.45, 2.75) is 30.6 Å². The summed E-state index contributed by atoms with van der Waals surface area (Å²) in [5.41, 5.74) is 0.962. The average Bonchev–Trinajstić information content (AvgIpc) is 2.47. The minimum atomic E-state index is -3.47. The zero-order valence-corrected chi connectivity index (χ0v) is 13.2. The third kappa shape index (κ3) is 3.27. The van der Waals surface area contributed by atoms with Crippen LogP contribution in [0.2, 0.25) is 0 Å². The predicted molar refractivity (Wildman–Crippen MR) is 82.7 cm³/mol. The Bertz CT molecular complexity index is 593. The Hall–Kier alpha value is -1.40. The molecule has 1 heterocycles. The second-order valence-electron chi connectivity index (χ2n) is 5.62. The maximum absolute atomic E-state index is 12.6. The topological polar surface area (TPSA) is 75.3 Å². The van der Waals surface area contributed by atoms with Crippen LogP contribution in [0.15, 0.2) is 30.3 Å². The molecule has 0 aromatic heterocycles. The summed E-state index contributed by atoms with van der Waals surface area (Å²) in [6, 6.07) is 9.32. The van der Waals surface area contributed by atoms with E-state index in [-0.39, 0.29) is 11.9 Å². The van der Waals surface area contributed by atoms with Crippen LogP contribution in [-0.4, -0.2) is 38.4 Å². The monoisotopic (exact) mass is 310 g/mol. The molecule has 1 amide bonds. The molecule has 0 saturated carbocycles. The molecule has 2 rings (SSSR count). The lowest BCUT2D eigenvalue weighted by Gasteiger charge is -2.35. The summed E-state index contributed by atoms with van der Waals surface area (Å²) in [4.78, 5) is 12.6. The van der Waals surface area contributed by atoms with Crippen LogP contribution in [0.3, 0.4) is 0 Å². The van der Waals surface area contributed by atoms with Gasteiger partial charge in [0.1, 0.15) is 0 Å². The number of benzene rings is 1. The molecule has 0 bridgehead atoms. The number of hydrogen-bond donors (Lipinski definition) is 2. The molecule has 1 fully saturated rings. The molecule has 1 aliphatic rings. The van der Waals surface area contributed by atoms with Gasteiger partial charge in [0.2, 0.25) is 5.91 Å². The van der Waals surface area contributed by atoms with E-state index >= 15 is 0 Å². The van der Waals surface area contributed by atoms with Gasteiger partial charge in [-0.05, 0) is 38.4 Å². The summed E-state index contributed by atoms with van der Waals surface area (Å²) in [6.07, 6.45) is 1.80. The van der Waals surface area contributed by atoms with E-state index in [1.165, 1.54) is 0 Å². The third-order valence-corrected chi connectivity index (χ3v) is 6.20. The van der Waals surface area contributed by atoms with E-state index in [1.807, 2.05) is 37.3 Å². The van der Waals surface area contributed by atoms with Crippen LogP contribution in [0.4, 0.5) is 0 Å². The second kappa shape index (κ2) is 6.15. The van der Waals surface area contributed by atoms with Crippen LogP contribution in [0.5, 0.6) is 0 Å². The van der Waals surface area contributed by atoms with Gasteiger partial charge >= 0.3 is 0 Å². The highest BCUT2D eigenvalue weighted by atomic mass is 32.2. The number of rotatable bonds is 4. The summed E-state index contributed by atoms with van der Waals surface area (Å²) in [5, 5.41) is 5.97. The molecule has 1 unspecified atom stereocenters. The summed E-state index contributed by atoms with van der Waals surface area (Å²) >= 11 is 0. The van der Waals surface area contributed by atoms with Gasteiger partial charge in [0.05, 0.1) is 6.04 Å². The lowest BCUT2D eigenvalue weighted by molar-refractivity contribution is -0.125. The number of hydrogen-bond acceptors (Lipinski definition) is 4. The van der Waals surface area contributed by atoms with Crippen molar-refractivity contribution < 1.29 is 13.2 Å². The molecule has 1 aromatic carbocycles. The molecule has 1 atom stereocenters. The van der Waals surface area contributed by atoms with E-state index in [0.717, 1.165) is 11.8 Å². The number of amides is 1. The zero-order chi connectivity index (χ0) is 15.5. The SMILES string of the molecule is CC(NC(=O)C1(S(C)(=O)=O)CCNCC1)c1ccccc1. The first-order valence-electron chi connectivity index (χ1n) is 7.13. The summed E-state index contributed by atoms with van der Waals surface area (Å²) < 4.78 is 23.1. The van der Waals surface area contributed by atoms with Crippen molar-refractivity contribution in [2.24, 2.45) is 0 Å². The molecule has 0 radical (unpaired) electrons. The molecular formula is C15H22N2O3S. The number of nitrogens with one attached hydrogen (secondary N) is 2. The van der Waals surface area contributed by atoms with Gasteiger partial charge in [0.25, 0.3) is 0 Å². The van der Waals surface area contributed by atoms with E-state index in [4.69, 9.17) is 0 Å². The number of carbonyl (C=O) groups excluding carboxylic acids is 1. The van der Waals surface area contributed by atoms with Crippen molar-refractivity contribution in [3.63, 3.8) is 0 Å². The predicted octanol–water partition coefficient (Wildman–Crippen LogP) is 1.03. The maximum Gasteiger partial charge on any atom is 0.242 e. The molecular weight excluding hydrogens is 288 g/mol. The molecule has 0 spiro atoms. The normalized spacial score (nSPS) is 19.7. The molecule has 1 aliphatic heterocycles. The smallest absolute Gasteiger partial charge is 0.242 e. The van der Waals surface area contributed by atoms with Gasteiger partial charge < -0.3 is 10.6 Å². The van der Waals surface area contributed by atoms with Gasteiger partial charge in [-0.3, -0.25) is 4.79 Å². The number of sulfone groups is 1. The molecule has 21 heavy (non-hydrogen) atoms.